The second-order valence-electron chi connectivity index (χ2n) is 11.6. The van der Waals surface area contributed by atoms with E-state index in [1.54, 1.807) is 0 Å². The van der Waals surface area contributed by atoms with E-state index in [1.165, 1.54) is 12.4 Å². The van der Waals surface area contributed by atoms with Gasteiger partial charge in [0.2, 0.25) is 0 Å². The lowest BCUT2D eigenvalue weighted by molar-refractivity contribution is -0.137. The minimum atomic E-state index is -4.40. The number of rotatable bonds is 5. The molecule has 3 heterocycles. The maximum atomic E-state index is 13.2. The molecule has 1 saturated carbocycles. The average Bonchev–Trinajstić information content (AvgIpc) is 3.52. The third kappa shape index (κ3) is 4.70. The Kier molecular flexibility index (Phi) is 6.28. The summed E-state index contributed by atoms with van der Waals surface area (Å²) in [6.07, 6.45) is 0.619. The zero-order chi connectivity index (χ0) is 26.8. The predicted molar refractivity (Wildman–Crippen MR) is 141 cm³/mol. The monoisotopic (exact) mass is 530 g/mol. The Bertz CT molecular complexity index is 1440. The van der Waals surface area contributed by atoms with Crippen molar-refractivity contribution in [2.75, 3.05) is 6.61 Å². The number of aromatic amines is 1. The van der Waals surface area contributed by atoms with Crippen LogP contribution in [-0.4, -0.2) is 45.7 Å². The van der Waals surface area contributed by atoms with Crippen LogP contribution in [0.2, 0.25) is 18.1 Å². The molecule has 3 aromatic heterocycles. The SMILES string of the molecule is CC(C)(C)[Si](C)(C)O[C@H]1C[C@H](n2ccc3c(-c4cc5ccc(C(F)(F)F)cc5[nH]4)ncnc32)C[C@H]1CO. The minimum Gasteiger partial charge on any atom is -0.413 e. The second-order valence-corrected chi connectivity index (χ2v) is 16.4. The molecule has 10 heteroatoms. The number of aliphatic hydroxyl groups is 1. The summed E-state index contributed by atoms with van der Waals surface area (Å²) in [6.45, 7) is 11.2. The lowest BCUT2D eigenvalue weighted by Gasteiger charge is -2.39. The molecule has 0 amide bonds. The topological polar surface area (TPSA) is 76.0 Å². The number of fused-ring (bicyclic) bond motifs is 2. The molecule has 1 aromatic carbocycles. The third-order valence-electron chi connectivity index (χ3n) is 8.20. The molecule has 37 heavy (non-hydrogen) atoms. The van der Waals surface area contributed by atoms with Gasteiger partial charge in [0.25, 0.3) is 0 Å². The largest absolute Gasteiger partial charge is 0.416 e. The Balaban J connectivity index is 1.47. The summed E-state index contributed by atoms with van der Waals surface area (Å²) in [5.41, 5.74) is 1.75. The number of hydrogen-bond donors (Lipinski definition) is 2. The quantitative estimate of drug-likeness (QED) is 0.274. The summed E-state index contributed by atoms with van der Waals surface area (Å²) in [5, 5.41) is 11.7. The molecule has 1 aliphatic rings. The zero-order valence-corrected chi connectivity index (χ0v) is 22.7. The third-order valence-corrected chi connectivity index (χ3v) is 12.7. The number of H-pyrrole nitrogens is 1. The minimum absolute atomic E-state index is 0.0221. The first kappa shape index (κ1) is 25.9. The molecule has 1 aliphatic carbocycles. The number of halogens is 3. The van der Waals surface area contributed by atoms with Crippen molar-refractivity contribution in [1.29, 1.82) is 0 Å². The Morgan fingerprint density at radius 2 is 1.86 bits per heavy atom. The van der Waals surface area contributed by atoms with E-state index in [-0.39, 0.29) is 29.7 Å². The highest BCUT2D eigenvalue weighted by Crippen LogP contribution is 2.44. The molecule has 3 atom stereocenters. The van der Waals surface area contributed by atoms with Gasteiger partial charge in [0.15, 0.2) is 8.32 Å². The number of alkyl halides is 3. The molecule has 6 nitrogen and oxygen atoms in total. The molecular weight excluding hydrogens is 497 g/mol. The second kappa shape index (κ2) is 8.95. The van der Waals surface area contributed by atoms with E-state index >= 15 is 0 Å². The van der Waals surface area contributed by atoms with Crippen molar-refractivity contribution < 1.29 is 22.7 Å². The Labute approximate surface area is 215 Å². The van der Waals surface area contributed by atoms with E-state index < -0.39 is 20.1 Å². The lowest BCUT2D eigenvalue weighted by Crippen LogP contribution is -2.45. The van der Waals surface area contributed by atoms with Crippen molar-refractivity contribution in [3.63, 3.8) is 0 Å². The van der Waals surface area contributed by atoms with Crippen LogP contribution in [0.5, 0.6) is 0 Å². The Morgan fingerprint density at radius 1 is 1.11 bits per heavy atom. The molecule has 5 rings (SSSR count). The van der Waals surface area contributed by atoms with Crippen LogP contribution in [0.4, 0.5) is 13.2 Å². The molecule has 0 radical (unpaired) electrons. The molecular formula is C27H33F3N4O2Si. The summed E-state index contributed by atoms with van der Waals surface area (Å²) in [7, 11) is -2.00. The van der Waals surface area contributed by atoms with E-state index in [2.05, 4.69) is 53.4 Å². The summed E-state index contributed by atoms with van der Waals surface area (Å²) < 4.78 is 48.4. The maximum absolute atomic E-state index is 13.2. The molecule has 0 saturated heterocycles. The molecule has 198 valence electrons. The van der Waals surface area contributed by atoms with Gasteiger partial charge in [-0.05, 0) is 55.2 Å². The molecule has 0 unspecified atom stereocenters. The van der Waals surface area contributed by atoms with E-state index in [4.69, 9.17) is 4.43 Å². The van der Waals surface area contributed by atoms with E-state index in [0.717, 1.165) is 36.0 Å². The van der Waals surface area contributed by atoms with E-state index in [9.17, 15) is 18.3 Å². The number of benzene rings is 1. The lowest BCUT2D eigenvalue weighted by atomic mass is 10.1. The summed E-state index contributed by atoms with van der Waals surface area (Å²) in [4.78, 5) is 12.1. The fourth-order valence-corrected chi connectivity index (χ4v) is 6.49. The van der Waals surface area contributed by atoms with Crippen molar-refractivity contribution in [3.8, 4) is 11.4 Å². The zero-order valence-electron chi connectivity index (χ0n) is 21.7. The summed E-state index contributed by atoms with van der Waals surface area (Å²) in [5.74, 6) is 0.0504. The number of aliphatic hydroxyl groups excluding tert-OH is 1. The number of nitrogens with zero attached hydrogens (tertiary/aromatic N) is 3. The van der Waals surface area contributed by atoms with Gasteiger partial charge in [-0.2, -0.15) is 13.2 Å². The number of aromatic nitrogens is 4. The van der Waals surface area contributed by atoms with Gasteiger partial charge in [0.1, 0.15) is 12.0 Å². The van der Waals surface area contributed by atoms with Gasteiger partial charge in [-0.1, -0.05) is 26.8 Å². The van der Waals surface area contributed by atoms with Gasteiger partial charge in [0.05, 0.1) is 23.1 Å². The normalized spacial score (nSPS) is 21.4. The smallest absolute Gasteiger partial charge is 0.413 e. The van der Waals surface area contributed by atoms with Crippen molar-refractivity contribution in [2.45, 2.75) is 70.1 Å². The first-order chi connectivity index (χ1) is 17.3. The molecule has 4 aromatic rings. The van der Waals surface area contributed by atoms with Crippen LogP contribution in [0.1, 0.15) is 45.2 Å². The maximum Gasteiger partial charge on any atom is 0.416 e. The van der Waals surface area contributed by atoms with Crippen LogP contribution in [-0.2, 0) is 10.6 Å². The van der Waals surface area contributed by atoms with E-state index in [1.807, 2.05) is 18.3 Å². The first-order valence-corrected chi connectivity index (χ1v) is 15.5. The van der Waals surface area contributed by atoms with Crippen LogP contribution >= 0.6 is 0 Å². The highest BCUT2D eigenvalue weighted by atomic mass is 28.4. The molecule has 1 fully saturated rings. The summed E-state index contributed by atoms with van der Waals surface area (Å²) >= 11 is 0. The molecule has 0 spiro atoms. The fraction of sp³-hybridized carbons (Fsp3) is 0.481. The molecule has 2 N–H and O–H groups in total. The number of nitrogens with one attached hydrogen (secondary N) is 1. The van der Waals surface area contributed by atoms with Crippen LogP contribution in [0, 0.1) is 5.92 Å². The van der Waals surface area contributed by atoms with Gasteiger partial charge in [-0.15, -0.1) is 0 Å². The number of hydrogen-bond acceptors (Lipinski definition) is 4. The van der Waals surface area contributed by atoms with Crippen molar-refractivity contribution >= 4 is 30.3 Å². The standard InChI is InChI=1S/C27H33F3N4O2Si/c1-26(2,3)37(4,5)36-23-13-19(10-17(23)14-35)34-9-8-20-24(31-15-32-25(20)34)22-11-16-6-7-18(27(28,29)30)12-21(16)33-22/h6-9,11-12,15,17,19,23,33,35H,10,13-14H2,1-5H3/t17-,19+,23-/m0/s1. The summed E-state index contributed by atoms with van der Waals surface area (Å²) in [6, 6.07) is 7.56. The molecule has 0 aliphatic heterocycles. The van der Waals surface area contributed by atoms with Gasteiger partial charge < -0.3 is 19.1 Å². The Morgan fingerprint density at radius 3 is 2.54 bits per heavy atom. The van der Waals surface area contributed by atoms with Crippen molar-refractivity contribution in [1.82, 2.24) is 19.5 Å². The van der Waals surface area contributed by atoms with Gasteiger partial charge in [-0.25, -0.2) is 9.97 Å². The van der Waals surface area contributed by atoms with Gasteiger partial charge >= 0.3 is 6.18 Å². The van der Waals surface area contributed by atoms with Crippen LogP contribution in [0.3, 0.4) is 0 Å². The van der Waals surface area contributed by atoms with E-state index in [0.29, 0.717) is 22.3 Å². The highest BCUT2D eigenvalue weighted by Gasteiger charge is 2.44. The van der Waals surface area contributed by atoms with Gasteiger partial charge in [0, 0.05) is 41.1 Å². The van der Waals surface area contributed by atoms with Gasteiger partial charge in [-0.3, -0.25) is 0 Å². The van der Waals surface area contributed by atoms with Crippen LogP contribution < -0.4 is 0 Å². The van der Waals surface area contributed by atoms with Crippen LogP contribution in [0.15, 0.2) is 42.9 Å². The fourth-order valence-electron chi connectivity index (χ4n) is 5.09. The van der Waals surface area contributed by atoms with Crippen LogP contribution in [0.25, 0.3) is 33.3 Å². The molecule has 0 bridgehead atoms. The Hall–Kier alpha value is -2.69. The average molecular weight is 531 g/mol. The highest BCUT2D eigenvalue weighted by molar-refractivity contribution is 6.74. The first-order valence-electron chi connectivity index (χ1n) is 12.6. The van der Waals surface area contributed by atoms with Crippen molar-refractivity contribution in [3.05, 3.63) is 48.4 Å². The predicted octanol–water partition coefficient (Wildman–Crippen LogP) is 6.93. The van der Waals surface area contributed by atoms with Crippen molar-refractivity contribution in [2.24, 2.45) is 5.92 Å².